The second-order valence-electron chi connectivity index (χ2n) is 8.08. The van der Waals surface area contributed by atoms with E-state index in [1.165, 1.54) is 32.5 Å². The molecule has 0 aliphatic rings. The molecule has 0 amide bonds. The van der Waals surface area contributed by atoms with Crippen LogP contribution in [0.15, 0.2) is 0 Å². The van der Waals surface area contributed by atoms with Crippen LogP contribution in [-0.4, -0.2) is 25.6 Å². The predicted octanol–water partition coefficient (Wildman–Crippen LogP) is 2.94. The number of aliphatic carboxylic acids is 1. The van der Waals surface area contributed by atoms with Gasteiger partial charge in [0.1, 0.15) is 0 Å². The van der Waals surface area contributed by atoms with Gasteiger partial charge in [0.15, 0.2) is 0 Å². The van der Waals surface area contributed by atoms with Crippen molar-refractivity contribution in [3.8, 4) is 0 Å². The van der Waals surface area contributed by atoms with Crippen LogP contribution in [0.4, 0.5) is 0 Å². The lowest BCUT2D eigenvalue weighted by molar-refractivity contribution is -0.909. The fourth-order valence-electron chi connectivity index (χ4n) is 2.85. The molecule has 0 spiro atoms. The Morgan fingerprint density at radius 3 is 1.48 bits per heavy atom. The van der Waals surface area contributed by atoms with Crippen molar-refractivity contribution in [2.75, 3.05) is 19.6 Å². The minimum Gasteiger partial charge on any atom is -0.550 e. The van der Waals surface area contributed by atoms with E-state index in [0.717, 1.165) is 37.0 Å². The van der Waals surface area contributed by atoms with Crippen molar-refractivity contribution < 1.29 is 14.8 Å². The van der Waals surface area contributed by atoms with Crippen molar-refractivity contribution >= 4 is 5.97 Å². The number of hydrogen-bond acceptors (Lipinski definition) is 2. The number of hydrogen-bond donors (Lipinski definition) is 1. The molecule has 0 radical (unpaired) electrons. The Balaban J connectivity index is 0. The fraction of sp³-hybridized carbons (Fsp3) is 0.950. The van der Waals surface area contributed by atoms with Crippen molar-refractivity contribution in [3.63, 3.8) is 0 Å². The number of nitrogens with one attached hydrogen (secondary N) is 1. The first-order chi connectivity index (χ1) is 10.7. The van der Waals surface area contributed by atoms with E-state index in [2.05, 4.69) is 48.5 Å². The standard InChI is InChI=1S/C12H27N.C8H16O2/c1-10(2)7-13(8-11(3)4)9-12(5)6;1-2-3-4-5-6-7-8(9)10/h10-12H,7-9H2,1-6H3;2-7H2,1H3,(H,9,10). The van der Waals surface area contributed by atoms with E-state index < -0.39 is 5.97 Å². The molecule has 0 saturated heterocycles. The van der Waals surface area contributed by atoms with Crippen LogP contribution in [-0.2, 0) is 4.79 Å². The van der Waals surface area contributed by atoms with Gasteiger partial charge < -0.3 is 14.8 Å². The quantitative estimate of drug-likeness (QED) is 0.560. The van der Waals surface area contributed by atoms with Crippen LogP contribution < -0.4 is 10.0 Å². The number of carboxylic acids is 1. The zero-order valence-electron chi connectivity index (χ0n) is 16.9. The molecule has 140 valence electrons. The number of rotatable bonds is 12. The first-order valence-corrected chi connectivity index (χ1v) is 9.72. The molecule has 0 aliphatic heterocycles. The third kappa shape index (κ3) is 23.8. The van der Waals surface area contributed by atoms with E-state index in [0.29, 0.717) is 0 Å². The van der Waals surface area contributed by atoms with Gasteiger partial charge in [0.05, 0.1) is 19.6 Å². The minimum atomic E-state index is -0.920. The van der Waals surface area contributed by atoms with Gasteiger partial charge in [0.2, 0.25) is 0 Å². The molecule has 0 bridgehead atoms. The summed E-state index contributed by atoms with van der Waals surface area (Å²) >= 11 is 0. The summed E-state index contributed by atoms with van der Waals surface area (Å²) in [5.41, 5.74) is 0. The number of quaternary nitrogens is 1. The molecule has 3 heteroatoms. The zero-order chi connectivity index (χ0) is 18.3. The van der Waals surface area contributed by atoms with Crippen LogP contribution in [0.5, 0.6) is 0 Å². The minimum absolute atomic E-state index is 0.226. The third-order valence-corrected chi connectivity index (χ3v) is 3.58. The van der Waals surface area contributed by atoms with Crippen molar-refractivity contribution in [2.45, 2.75) is 87.0 Å². The van der Waals surface area contributed by atoms with Gasteiger partial charge in [0.25, 0.3) is 0 Å². The van der Waals surface area contributed by atoms with E-state index in [1.807, 2.05) is 0 Å². The fourth-order valence-corrected chi connectivity index (χ4v) is 2.85. The molecule has 23 heavy (non-hydrogen) atoms. The highest BCUT2D eigenvalue weighted by atomic mass is 16.4. The number of carboxylic acid groups (broad SMARTS) is 1. The summed E-state index contributed by atoms with van der Waals surface area (Å²) in [5, 5.41) is 9.92. The van der Waals surface area contributed by atoms with Gasteiger partial charge in [-0.25, -0.2) is 0 Å². The average molecular weight is 330 g/mol. The van der Waals surface area contributed by atoms with E-state index in [4.69, 9.17) is 0 Å². The van der Waals surface area contributed by atoms with Crippen LogP contribution in [0.1, 0.15) is 87.0 Å². The Kier molecular flexibility index (Phi) is 17.5. The Hall–Kier alpha value is -0.570. The normalized spacial score (nSPS) is 11.3. The van der Waals surface area contributed by atoms with Crippen molar-refractivity contribution in [1.82, 2.24) is 0 Å². The molecule has 0 rings (SSSR count). The lowest BCUT2D eigenvalue weighted by Crippen LogP contribution is -3.13. The van der Waals surface area contributed by atoms with Crippen LogP contribution in [0.3, 0.4) is 0 Å². The molecule has 0 aromatic rings. The number of carbonyl (C=O) groups is 1. The molecular weight excluding hydrogens is 286 g/mol. The summed E-state index contributed by atoms with van der Waals surface area (Å²) in [4.78, 5) is 11.7. The molecule has 0 aromatic heterocycles. The summed E-state index contributed by atoms with van der Waals surface area (Å²) < 4.78 is 0. The monoisotopic (exact) mass is 329 g/mol. The molecule has 0 unspecified atom stereocenters. The molecule has 0 fully saturated rings. The molecule has 1 N–H and O–H groups in total. The summed E-state index contributed by atoms with van der Waals surface area (Å²) in [6.07, 6.45) is 5.61. The second-order valence-corrected chi connectivity index (χ2v) is 8.08. The van der Waals surface area contributed by atoms with E-state index in [1.54, 1.807) is 4.90 Å². The SMILES string of the molecule is CC(C)C[NH+](CC(C)C)CC(C)C.CCCCCCCC(=O)[O-]. The topological polar surface area (TPSA) is 44.6 Å². The summed E-state index contributed by atoms with van der Waals surface area (Å²) in [7, 11) is 0. The van der Waals surface area contributed by atoms with E-state index in [-0.39, 0.29) is 6.42 Å². The van der Waals surface area contributed by atoms with Crippen LogP contribution >= 0.6 is 0 Å². The zero-order valence-corrected chi connectivity index (χ0v) is 16.9. The maximum absolute atomic E-state index is 9.92. The van der Waals surface area contributed by atoms with Crippen molar-refractivity contribution in [3.05, 3.63) is 0 Å². The van der Waals surface area contributed by atoms with Gasteiger partial charge >= 0.3 is 0 Å². The Labute approximate surface area is 145 Å². The maximum Gasteiger partial charge on any atom is 0.0794 e. The lowest BCUT2D eigenvalue weighted by atomic mass is 10.1. The molecule has 0 aliphatic carbocycles. The Morgan fingerprint density at radius 1 is 0.783 bits per heavy atom. The second kappa shape index (κ2) is 16.3. The highest BCUT2D eigenvalue weighted by Crippen LogP contribution is 2.03. The number of unbranched alkanes of at least 4 members (excludes halogenated alkanes) is 4. The third-order valence-electron chi connectivity index (χ3n) is 3.58. The predicted molar refractivity (Wildman–Crippen MR) is 98.5 cm³/mol. The van der Waals surface area contributed by atoms with Crippen LogP contribution in [0.2, 0.25) is 0 Å². The average Bonchev–Trinajstić information content (AvgIpc) is 2.36. The largest absolute Gasteiger partial charge is 0.550 e. The molecule has 0 aromatic carbocycles. The van der Waals surface area contributed by atoms with Gasteiger partial charge in [0, 0.05) is 23.7 Å². The van der Waals surface area contributed by atoms with E-state index in [9.17, 15) is 9.90 Å². The number of carbonyl (C=O) groups excluding carboxylic acids is 1. The van der Waals surface area contributed by atoms with Gasteiger partial charge in [-0.15, -0.1) is 0 Å². The van der Waals surface area contributed by atoms with Gasteiger partial charge in [-0.05, 0) is 12.8 Å². The highest BCUT2D eigenvalue weighted by molar-refractivity contribution is 5.63. The Bertz CT molecular complexity index is 239. The van der Waals surface area contributed by atoms with Crippen LogP contribution in [0, 0.1) is 17.8 Å². The van der Waals surface area contributed by atoms with Gasteiger partial charge in [-0.2, -0.15) is 0 Å². The van der Waals surface area contributed by atoms with Gasteiger partial charge in [-0.3, -0.25) is 0 Å². The van der Waals surface area contributed by atoms with Crippen molar-refractivity contribution in [2.24, 2.45) is 17.8 Å². The first kappa shape index (κ1) is 24.7. The smallest absolute Gasteiger partial charge is 0.0794 e. The Morgan fingerprint density at radius 2 is 1.17 bits per heavy atom. The summed E-state index contributed by atoms with van der Waals surface area (Å²) in [6.45, 7) is 20.0. The molecule has 3 nitrogen and oxygen atoms in total. The molecule has 0 atom stereocenters. The summed E-state index contributed by atoms with van der Waals surface area (Å²) in [6, 6.07) is 0. The van der Waals surface area contributed by atoms with Crippen LogP contribution in [0.25, 0.3) is 0 Å². The lowest BCUT2D eigenvalue weighted by Gasteiger charge is -2.24. The maximum atomic E-state index is 9.92. The molecule has 0 saturated carbocycles. The molecule has 0 heterocycles. The first-order valence-electron chi connectivity index (χ1n) is 9.72. The molecular formula is C20H43NO2. The highest BCUT2D eigenvalue weighted by Gasteiger charge is 2.13. The van der Waals surface area contributed by atoms with Gasteiger partial charge in [-0.1, -0.05) is 74.1 Å². The summed E-state index contributed by atoms with van der Waals surface area (Å²) in [5.74, 6) is 1.56. The van der Waals surface area contributed by atoms with E-state index >= 15 is 0 Å². The van der Waals surface area contributed by atoms with Crippen molar-refractivity contribution in [1.29, 1.82) is 0 Å².